The van der Waals surface area contributed by atoms with Crippen LogP contribution in [0.3, 0.4) is 0 Å². The molecule has 0 bridgehead atoms. The van der Waals surface area contributed by atoms with Crippen LogP contribution in [0.15, 0.2) is 12.2 Å². The molecule has 51 heavy (non-hydrogen) atoms. The number of amides is 6. The molecule has 288 valence electrons. The largest absolute Gasteiger partial charge is 0.460 e. The van der Waals surface area contributed by atoms with Gasteiger partial charge in [0.25, 0.3) is 11.8 Å². The van der Waals surface area contributed by atoms with Gasteiger partial charge in [0.15, 0.2) is 0 Å². The van der Waals surface area contributed by atoms with Crippen molar-refractivity contribution in [2.75, 3.05) is 20.6 Å². The highest BCUT2D eigenvalue weighted by Crippen LogP contribution is 2.27. The Morgan fingerprint density at radius 3 is 2.16 bits per heavy atom. The number of carbonyl (C=O) groups is 7. The fraction of sp³-hybridized carbons (Fsp3) is 0.757. The van der Waals surface area contributed by atoms with E-state index in [1.165, 1.54) is 36.8 Å². The Morgan fingerprint density at radius 2 is 1.63 bits per heavy atom. The number of aliphatic hydroxyl groups excluding tert-OH is 1. The molecule has 2 aliphatic heterocycles. The van der Waals surface area contributed by atoms with Crippen molar-refractivity contribution in [3.63, 3.8) is 0 Å². The molecule has 14 heteroatoms. The predicted molar refractivity (Wildman–Crippen MR) is 191 cm³/mol. The molecule has 0 aliphatic carbocycles. The SMILES string of the molecule is CCCCCCCC(=O)N(C)[C@@H](CC(C)C)C(=O)N[C@H](C(=O)N(C)[C@H](C(=O)N1C[C@@H](O)C[C@H]1C(=O)N1C(=O)C=C[C@H]1C)C(C)C)[C@@H](C)OC(C)=O. The number of nitrogens with zero attached hydrogens (tertiary/aromatic N) is 4. The average Bonchev–Trinajstić information content (AvgIpc) is 3.61. The van der Waals surface area contributed by atoms with Gasteiger partial charge in [0, 0.05) is 46.5 Å². The zero-order valence-electron chi connectivity index (χ0n) is 32.2. The summed E-state index contributed by atoms with van der Waals surface area (Å²) in [6.45, 7) is 13.5. The summed E-state index contributed by atoms with van der Waals surface area (Å²) in [5.74, 6) is -4.43. The van der Waals surface area contributed by atoms with Crippen molar-refractivity contribution in [1.82, 2.24) is 24.9 Å². The van der Waals surface area contributed by atoms with Crippen molar-refractivity contribution in [2.45, 2.75) is 149 Å². The quantitative estimate of drug-likeness (QED) is 0.123. The molecule has 0 radical (unpaired) electrons. The van der Waals surface area contributed by atoms with Gasteiger partial charge < -0.3 is 29.9 Å². The average molecular weight is 720 g/mol. The van der Waals surface area contributed by atoms with E-state index in [2.05, 4.69) is 12.2 Å². The molecule has 0 spiro atoms. The van der Waals surface area contributed by atoms with Gasteiger partial charge in [-0.3, -0.25) is 38.5 Å². The summed E-state index contributed by atoms with van der Waals surface area (Å²) < 4.78 is 5.38. The maximum Gasteiger partial charge on any atom is 0.302 e. The highest BCUT2D eigenvalue weighted by atomic mass is 16.5. The molecule has 0 aromatic heterocycles. The highest BCUT2D eigenvalue weighted by molar-refractivity contribution is 6.06. The summed E-state index contributed by atoms with van der Waals surface area (Å²) in [5, 5.41) is 13.3. The Balaban J connectivity index is 2.38. The second-order valence-corrected chi connectivity index (χ2v) is 14.8. The minimum atomic E-state index is -1.43. The van der Waals surface area contributed by atoms with Crippen LogP contribution in [0.5, 0.6) is 0 Å². The summed E-state index contributed by atoms with van der Waals surface area (Å²) in [7, 11) is 2.96. The Kier molecular flexibility index (Phi) is 16.7. The van der Waals surface area contributed by atoms with Crippen LogP contribution in [-0.2, 0) is 38.3 Å². The number of aliphatic hydroxyl groups is 1. The molecule has 2 rings (SSSR count). The summed E-state index contributed by atoms with van der Waals surface area (Å²) in [6.07, 6.45) is 6.01. The van der Waals surface area contributed by atoms with E-state index < -0.39 is 83.8 Å². The molecule has 1 saturated heterocycles. The third kappa shape index (κ3) is 11.6. The number of β-amino-alcohol motifs (C(OH)–C–C–N with tert-alkyl or cyclic N) is 1. The predicted octanol–water partition coefficient (Wildman–Crippen LogP) is 2.41. The van der Waals surface area contributed by atoms with Crippen LogP contribution in [0.2, 0.25) is 0 Å². The lowest BCUT2D eigenvalue weighted by molar-refractivity contribution is -0.157. The fourth-order valence-corrected chi connectivity index (χ4v) is 6.85. The van der Waals surface area contributed by atoms with Crippen LogP contribution >= 0.6 is 0 Å². The molecule has 0 saturated carbocycles. The number of ether oxygens (including phenoxy) is 1. The monoisotopic (exact) mass is 719 g/mol. The molecule has 14 nitrogen and oxygen atoms in total. The van der Waals surface area contributed by atoms with Crippen molar-refractivity contribution >= 4 is 41.4 Å². The molecule has 7 atom stereocenters. The van der Waals surface area contributed by atoms with Gasteiger partial charge in [-0.05, 0) is 38.5 Å². The lowest BCUT2D eigenvalue weighted by Gasteiger charge is -2.38. The first-order chi connectivity index (χ1) is 23.8. The second-order valence-electron chi connectivity index (χ2n) is 14.8. The van der Waals surface area contributed by atoms with Gasteiger partial charge in [-0.1, -0.05) is 66.4 Å². The van der Waals surface area contributed by atoms with Gasteiger partial charge in [0.2, 0.25) is 23.6 Å². The van der Waals surface area contributed by atoms with Crippen LogP contribution in [0.1, 0.15) is 107 Å². The molecular weight excluding hydrogens is 658 g/mol. The molecule has 0 aromatic carbocycles. The third-order valence-electron chi connectivity index (χ3n) is 9.63. The minimum absolute atomic E-state index is 0.0207. The maximum absolute atomic E-state index is 14.3. The van der Waals surface area contributed by atoms with Crippen LogP contribution in [0, 0.1) is 11.8 Å². The zero-order chi connectivity index (χ0) is 38.7. The van der Waals surface area contributed by atoms with E-state index in [1.54, 1.807) is 33.9 Å². The molecule has 0 unspecified atom stereocenters. The Morgan fingerprint density at radius 1 is 1.00 bits per heavy atom. The summed E-state index contributed by atoms with van der Waals surface area (Å²) in [5.41, 5.74) is 0. The second kappa shape index (κ2) is 19.7. The Labute approximate surface area is 303 Å². The molecule has 2 heterocycles. The third-order valence-corrected chi connectivity index (χ3v) is 9.63. The molecule has 1 fully saturated rings. The van der Waals surface area contributed by atoms with Crippen molar-refractivity contribution in [3.8, 4) is 0 Å². The number of likely N-dealkylation sites (N-methyl/N-ethyl adjacent to an activating group) is 2. The van der Waals surface area contributed by atoms with Crippen molar-refractivity contribution in [3.05, 3.63) is 12.2 Å². The first-order valence-corrected chi connectivity index (χ1v) is 18.4. The number of hydrogen-bond acceptors (Lipinski definition) is 9. The van der Waals surface area contributed by atoms with E-state index in [0.717, 1.165) is 35.5 Å². The number of rotatable bonds is 18. The smallest absolute Gasteiger partial charge is 0.302 e. The Bertz CT molecular complexity index is 1300. The number of carbonyl (C=O) groups excluding carboxylic acids is 7. The zero-order valence-corrected chi connectivity index (χ0v) is 32.2. The topological polar surface area (TPSA) is 174 Å². The van der Waals surface area contributed by atoms with E-state index in [4.69, 9.17) is 4.74 Å². The van der Waals surface area contributed by atoms with Crippen LogP contribution in [-0.4, -0.2) is 129 Å². The van der Waals surface area contributed by atoms with E-state index in [9.17, 15) is 38.7 Å². The normalized spacial score (nSPS) is 21.0. The lowest BCUT2D eigenvalue weighted by atomic mass is 9.98. The van der Waals surface area contributed by atoms with Gasteiger partial charge in [0.05, 0.1) is 12.1 Å². The van der Waals surface area contributed by atoms with Gasteiger partial charge in [-0.15, -0.1) is 0 Å². The molecular formula is C37H61N5O9. The number of imide groups is 1. The summed E-state index contributed by atoms with van der Waals surface area (Å²) in [6, 6.07) is -5.14. The van der Waals surface area contributed by atoms with Gasteiger partial charge in [0.1, 0.15) is 30.3 Å². The van der Waals surface area contributed by atoms with Gasteiger partial charge in [-0.25, -0.2) is 0 Å². The lowest BCUT2D eigenvalue weighted by Crippen LogP contribution is -2.62. The van der Waals surface area contributed by atoms with Crippen molar-refractivity contribution < 1.29 is 43.4 Å². The van der Waals surface area contributed by atoms with E-state index in [-0.39, 0.29) is 31.2 Å². The standard InChI is InChI=1S/C37H61N5O9/c1-11-12-13-14-15-16-30(45)39(9)28(19-22(2)3)34(47)38-32(25(7)51-26(8)43)36(49)40(10)33(23(4)5)37(50)41-21-27(44)20-29(41)35(48)42-24(6)17-18-31(42)46/h17-18,22-25,27-29,32-33,44H,11-16,19-21H2,1-10H3,(H,38,47)/t24-,25-,27+,28+,29+,32+,33+/m1/s1. The van der Waals surface area contributed by atoms with Crippen LogP contribution < -0.4 is 5.32 Å². The van der Waals surface area contributed by atoms with Crippen molar-refractivity contribution in [2.24, 2.45) is 11.8 Å². The number of likely N-dealkylation sites (tertiary alicyclic amines) is 1. The Hall–Kier alpha value is -3.81. The molecule has 6 amide bonds. The number of hydrogen-bond donors (Lipinski definition) is 2. The highest BCUT2D eigenvalue weighted by Gasteiger charge is 2.47. The summed E-state index contributed by atoms with van der Waals surface area (Å²) >= 11 is 0. The van der Waals surface area contributed by atoms with Crippen molar-refractivity contribution in [1.29, 1.82) is 0 Å². The van der Waals surface area contributed by atoms with E-state index >= 15 is 0 Å². The van der Waals surface area contributed by atoms with Crippen LogP contribution in [0.25, 0.3) is 0 Å². The molecule has 0 aromatic rings. The van der Waals surface area contributed by atoms with Crippen LogP contribution in [0.4, 0.5) is 0 Å². The number of nitrogens with one attached hydrogen (secondary N) is 1. The maximum atomic E-state index is 14.3. The number of unbranched alkanes of at least 4 members (excludes halogenated alkanes) is 4. The minimum Gasteiger partial charge on any atom is -0.460 e. The van der Waals surface area contributed by atoms with Gasteiger partial charge >= 0.3 is 5.97 Å². The van der Waals surface area contributed by atoms with E-state index in [1.807, 2.05) is 13.8 Å². The van der Waals surface area contributed by atoms with Gasteiger partial charge in [-0.2, -0.15) is 0 Å². The fourth-order valence-electron chi connectivity index (χ4n) is 6.85. The first-order valence-electron chi connectivity index (χ1n) is 18.4. The summed E-state index contributed by atoms with van der Waals surface area (Å²) in [4.78, 5) is 98.6. The molecule has 2 N–H and O–H groups in total. The molecule has 2 aliphatic rings. The number of esters is 1. The first kappa shape index (κ1) is 43.4. The van der Waals surface area contributed by atoms with E-state index in [0.29, 0.717) is 12.8 Å².